The summed E-state index contributed by atoms with van der Waals surface area (Å²) < 4.78 is 70.3. The molecule has 0 N–H and O–H groups in total. The molecule has 0 spiro atoms. The maximum Gasteiger partial charge on any atom is 0.267 e. The normalized spacial score (nSPS) is 24.8. The number of ether oxygens (including phenoxy) is 6. The van der Waals surface area contributed by atoms with Crippen molar-refractivity contribution in [3.8, 4) is 0 Å². The van der Waals surface area contributed by atoms with E-state index in [0.29, 0.717) is 32.2 Å². The van der Waals surface area contributed by atoms with Crippen LogP contribution in [0.3, 0.4) is 0 Å². The van der Waals surface area contributed by atoms with Gasteiger partial charge >= 0.3 is 0 Å². The Kier molecular flexibility index (Phi) is 15.0. The molecule has 57 heavy (non-hydrogen) atoms. The van der Waals surface area contributed by atoms with Crippen LogP contribution >= 0.6 is 0 Å². The van der Waals surface area contributed by atoms with Gasteiger partial charge in [-0.05, 0) is 27.8 Å². The zero-order chi connectivity index (χ0) is 39.3. The van der Waals surface area contributed by atoms with E-state index >= 15 is 0 Å². The third-order valence-corrected chi connectivity index (χ3v) is 14.3. The van der Waals surface area contributed by atoms with Crippen molar-refractivity contribution in [1.82, 2.24) is 0 Å². The molecular formula is C45H48O10S2. The second kappa shape index (κ2) is 20.7. The fourth-order valence-electron chi connectivity index (χ4n) is 7.27. The molecule has 5 aromatic rings. The maximum absolute atomic E-state index is 13.7. The molecule has 2 fully saturated rings. The molecule has 0 aromatic heterocycles. The van der Waals surface area contributed by atoms with Gasteiger partial charge < -0.3 is 38.0 Å². The zero-order valence-electron chi connectivity index (χ0n) is 31.5. The van der Waals surface area contributed by atoms with Gasteiger partial charge in [0, 0.05) is 10.9 Å². The van der Waals surface area contributed by atoms with E-state index in [9.17, 15) is 13.7 Å². The van der Waals surface area contributed by atoms with Crippen LogP contribution in [0.2, 0.25) is 0 Å². The average molecular weight is 813 g/mol. The first kappa shape index (κ1) is 41.2. The zero-order valence-corrected chi connectivity index (χ0v) is 33.2. The summed E-state index contributed by atoms with van der Waals surface area (Å²) in [5, 5.41) is 10.3. The molecule has 0 bridgehead atoms. The van der Waals surface area contributed by atoms with Crippen LogP contribution in [-0.4, -0.2) is 67.7 Å². The highest BCUT2D eigenvalue weighted by Gasteiger charge is 2.59. The van der Waals surface area contributed by atoms with Crippen LogP contribution in [0.15, 0.2) is 152 Å². The van der Waals surface area contributed by atoms with E-state index in [1.54, 1.807) is 0 Å². The lowest BCUT2D eigenvalue weighted by atomic mass is 10.1. The summed E-state index contributed by atoms with van der Waals surface area (Å²) in [7, 11) is -5.31. The minimum Gasteiger partial charge on any atom is -0.707 e. The maximum atomic E-state index is 13.7. The van der Waals surface area contributed by atoms with Gasteiger partial charge in [-0.3, -0.25) is 0 Å². The van der Waals surface area contributed by atoms with Crippen molar-refractivity contribution >= 4 is 21.0 Å². The number of hydrogen-bond acceptors (Lipinski definition) is 10. The van der Waals surface area contributed by atoms with Gasteiger partial charge in [-0.2, -0.15) is 8.42 Å². The largest absolute Gasteiger partial charge is 0.707 e. The Hall–Kier alpha value is -3.92. The van der Waals surface area contributed by atoms with Gasteiger partial charge in [0.05, 0.1) is 39.6 Å². The van der Waals surface area contributed by atoms with Gasteiger partial charge in [0.1, 0.15) is 41.2 Å². The molecule has 10 nitrogen and oxygen atoms in total. The quantitative estimate of drug-likeness (QED) is 0.0535. The smallest absolute Gasteiger partial charge is 0.267 e. The first-order valence-corrected chi connectivity index (χ1v) is 22.2. The van der Waals surface area contributed by atoms with Gasteiger partial charge in [-0.1, -0.05) is 152 Å². The highest BCUT2D eigenvalue weighted by molar-refractivity contribution is 7.98. The van der Waals surface area contributed by atoms with E-state index in [1.807, 2.05) is 152 Å². The Balaban J connectivity index is 1.18. The van der Waals surface area contributed by atoms with E-state index in [1.165, 1.54) is 0 Å². The SMILES string of the molecule is O=S(=O)(O[O-])[C@H]1[C@H](OCc2ccccc2)[C@@H](OCc2ccccc2)O[C@@H]1C[S+]1C[C@@H](OCc2ccccc2)[C@H](OCc2ccccc2)[C@H]1COCc1ccccc1. The van der Waals surface area contributed by atoms with Gasteiger partial charge in [0.15, 0.2) is 11.5 Å². The second-order valence-electron chi connectivity index (χ2n) is 14.1. The highest BCUT2D eigenvalue weighted by Crippen LogP contribution is 2.37. The molecule has 0 radical (unpaired) electrons. The minimum absolute atomic E-state index is 0.0735. The van der Waals surface area contributed by atoms with Crippen molar-refractivity contribution in [1.29, 1.82) is 0 Å². The van der Waals surface area contributed by atoms with Crippen molar-refractivity contribution in [2.24, 2.45) is 0 Å². The molecule has 2 aliphatic heterocycles. The van der Waals surface area contributed by atoms with Crippen molar-refractivity contribution in [2.45, 2.75) is 74.2 Å². The Labute approximate surface area is 338 Å². The van der Waals surface area contributed by atoms with Crippen molar-refractivity contribution < 1.29 is 46.4 Å². The summed E-state index contributed by atoms with van der Waals surface area (Å²) in [6, 6.07) is 48.8. The minimum atomic E-state index is -4.72. The second-order valence-corrected chi connectivity index (χ2v) is 18.1. The molecule has 2 heterocycles. The van der Waals surface area contributed by atoms with Gasteiger partial charge in [0.2, 0.25) is 0 Å². The van der Waals surface area contributed by atoms with Crippen molar-refractivity contribution in [3.63, 3.8) is 0 Å². The van der Waals surface area contributed by atoms with E-state index in [2.05, 4.69) is 4.33 Å². The van der Waals surface area contributed by atoms with Crippen molar-refractivity contribution in [2.75, 3.05) is 18.1 Å². The van der Waals surface area contributed by atoms with E-state index in [4.69, 9.17) is 28.4 Å². The summed E-state index contributed by atoms with van der Waals surface area (Å²) in [5.74, 6) is 0.807. The molecule has 2 saturated heterocycles. The summed E-state index contributed by atoms with van der Waals surface area (Å²) in [6.45, 7) is 1.66. The Morgan fingerprint density at radius 1 is 0.561 bits per heavy atom. The van der Waals surface area contributed by atoms with Crippen LogP contribution < -0.4 is 5.26 Å². The molecule has 12 heteroatoms. The molecule has 0 saturated carbocycles. The summed E-state index contributed by atoms with van der Waals surface area (Å²) in [6.07, 6.45) is -4.01. The van der Waals surface area contributed by atoms with Crippen molar-refractivity contribution in [3.05, 3.63) is 179 Å². The van der Waals surface area contributed by atoms with Gasteiger partial charge in [0.25, 0.3) is 10.1 Å². The number of benzene rings is 5. The molecule has 7 rings (SSSR count). The first-order chi connectivity index (χ1) is 28.0. The highest BCUT2D eigenvalue weighted by atomic mass is 32.2. The van der Waals surface area contributed by atoms with E-state index < -0.39 is 50.9 Å². The van der Waals surface area contributed by atoms with Crippen LogP contribution in [0.1, 0.15) is 27.8 Å². The fourth-order valence-corrected chi connectivity index (χ4v) is 11.5. The molecule has 8 atom stereocenters. The summed E-state index contributed by atoms with van der Waals surface area (Å²) in [5.41, 5.74) is 4.77. The predicted molar refractivity (Wildman–Crippen MR) is 216 cm³/mol. The van der Waals surface area contributed by atoms with E-state index in [0.717, 1.165) is 27.8 Å². The summed E-state index contributed by atoms with van der Waals surface area (Å²) in [4.78, 5) is 0. The third kappa shape index (κ3) is 11.4. The standard InChI is InChI=1S/C45H48O10S2/c46-55-57(47,48)44-40(54-45(53-30-38-24-14-5-15-25-38)43(44)52-29-37-22-12-4-13-23-37)33-56-32-39(50-27-35-18-8-2-9-19-35)42(51-28-36-20-10-3-11-21-36)41(56)31-49-26-34-16-6-1-7-17-34/h1-25,39-45H,26-33H2/t39-,40-,41-,42+,43+,44-,45+,56?/m1/s1. The van der Waals surface area contributed by atoms with Crippen LogP contribution in [-0.2, 0) is 86.8 Å². The summed E-state index contributed by atoms with van der Waals surface area (Å²) >= 11 is 0. The fraction of sp³-hybridized carbons (Fsp3) is 0.333. The van der Waals surface area contributed by atoms with Crippen LogP contribution in [0.5, 0.6) is 0 Å². The molecule has 2 aliphatic rings. The van der Waals surface area contributed by atoms with Crippen LogP contribution in [0.4, 0.5) is 0 Å². The van der Waals surface area contributed by atoms with Gasteiger partial charge in [-0.25, -0.2) is 0 Å². The lowest BCUT2D eigenvalue weighted by Crippen LogP contribution is -2.47. The molecule has 0 amide bonds. The Bertz CT molecular complexity index is 2010. The number of hydrogen-bond donors (Lipinski definition) is 0. The molecule has 0 aliphatic carbocycles. The molecule has 300 valence electrons. The Morgan fingerprint density at radius 2 is 0.982 bits per heavy atom. The van der Waals surface area contributed by atoms with Gasteiger partial charge in [-0.15, -0.1) is 0 Å². The first-order valence-electron chi connectivity index (χ1n) is 19.1. The predicted octanol–water partition coefficient (Wildman–Crippen LogP) is 5.89. The van der Waals surface area contributed by atoms with E-state index in [-0.39, 0.29) is 30.3 Å². The van der Waals surface area contributed by atoms with Crippen LogP contribution in [0, 0.1) is 0 Å². The lowest BCUT2D eigenvalue weighted by Gasteiger charge is -2.25. The average Bonchev–Trinajstić information content (AvgIpc) is 3.78. The number of rotatable bonds is 20. The molecule has 1 unspecified atom stereocenters. The molecule has 5 aromatic carbocycles. The third-order valence-electron chi connectivity index (χ3n) is 10.1. The monoisotopic (exact) mass is 812 g/mol. The Morgan fingerprint density at radius 3 is 1.46 bits per heavy atom. The molecular weight excluding hydrogens is 765 g/mol. The topological polar surface area (TPSA) is 122 Å². The van der Waals surface area contributed by atoms with Crippen LogP contribution in [0.25, 0.3) is 0 Å². The lowest BCUT2D eigenvalue weighted by molar-refractivity contribution is -0.635.